The topological polar surface area (TPSA) is 59.0 Å². The molecule has 7 nitrogen and oxygen atoms in total. The number of hydrogen-bond acceptors (Lipinski definition) is 5. The first-order valence-corrected chi connectivity index (χ1v) is 15.0. The molecule has 2 unspecified atom stereocenters. The van der Waals surface area contributed by atoms with Gasteiger partial charge < -0.3 is 19.4 Å². The van der Waals surface area contributed by atoms with Gasteiger partial charge in [-0.05, 0) is 67.3 Å². The Bertz CT molecular complexity index is 1540. The van der Waals surface area contributed by atoms with Gasteiger partial charge in [0.05, 0.1) is 18.2 Å². The number of carbonyl (C=O) groups is 1. The van der Waals surface area contributed by atoms with Gasteiger partial charge in [-0.15, -0.1) is 0 Å². The average molecular weight is 589 g/mol. The monoisotopic (exact) mass is 588 g/mol. The van der Waals surface area contributed by atoms with Gasteiger partial charge in [0.25, 0.3) is 5.91 Å². The normalized spacial score (nSPS) is 18.7. The van der Waals surface area contributed by atoms with Crippen LogP contribution in [0.1, 0.15) is 35.2 Å². The number of benzene rings is 3. The molecule has 3 heterocycles. The Morgan fingerprint density at radius 1 is 0.930 bits per heavy atom. The number of aromatic nitrogens is 1. The summed E-state index contributed by atoms with van der Waals surface area (Å²) in [5.41, 5.74) is 2.21. The third-order valence-corrected chi connectivity index (χ3v) is 8.68. The second-order valence-corrected chi connectivity index (χ2v) is 11.4. The maximum absolute atomic E-state index is 13.6. The summed E-state index contributed by atoms with van der Waals surface area (Å²) in [5.74, 6) is 0.660. The summed E-state index contributed by atoms with van der Waals surface area (Å²) < 4.78 is 40.4. The predicted octanol–water partition coefficient (Wildman–Crippen LogP) is 5.48. The van der Waals surface area contributed by atoms with Crippen LogP contribution in [0.3, 0.4) is 0 Å². The number of amides is 1. The molecular formula is C34H38F2N4O3. The van der Waals surface area contributed by atoms with Crippen LogP contribution in [0.4, 0.5) is 8.78 Å². The molecule has 1 N–H and O–H groups in total. The van der Waals surface area contributed by atoms with Crippen molar-refractivity contribution in [1.29, 1.82) is 0 Å². The minimum absolute atomic E-state index is 0.196. The molecule has 0 aliphatic carbocycles. The van der Waals surface area contributed by atoms with E-state index in [4.69, 9.17) is 9.47 Å². The smallest absolute Gasteiger partial charge is 0.253 e. The van der Waals surface area contributed by atoms with E-state index in [1.54, 1.807) is 31.4 Å². The van der Waals surface area contributed by atoms with Gasteiger partial charge in [-0.2, -0.15) is 0 Å². The molecule has 2 fully saturated rings. The first kappa shape index (κ1) is 29.1. The van der Waals surface area contributed by atoms with Crippen molar-refractivity contribution in [3.63, 3.8) is 0 Å². The molecule has 0 spiro atoms. The molecule has 2 bridgehead atoms. The van der Waals surface area contributed by atoms with Crippen molar-refractivity contribution in [2.75, 3.05) is 39.9 Å². The number of nitrogens with zero attached hydrogens (tertiary/aromatic N) is 3. The molecule has 2 atom stereocenters. The lowest BCUT2D eigenvalue weighted by molar-refractivity contribution is 0.0574. The summed E-state index contributed by atoms with van der Waals surface area (Å²) in [6, 6.07) is 19.3. The number of likely N-dealkylation sites (tertiary alicyclic amines) is 1. The average Bonchev–Trinajstić information content (AvgIpc) is 3.50. The van der Waals surface area contributed by atoms with Crippen LogP contribution in [0.15, 0.2) is 72.9 Å². The van der Waals surface area contributed by atoms with Gasteiger partial charge in [0.15, 0.2) is 0 Å². The fourth-order valence-corrected chi connectivity index (χ4v) is 6.64. The van der Waals surface area contributed by atoms with Crippen molar-refractivity contribution >= 4 is 16.8 Å². The maximum atomic E-state index is 13.6. The number of piperazine rings is 1. The van der Waals surface area contributed by atoms with Gasteiger partial charge in [0.1, 0.15) is 29.7 Å². The highest BCUT2D eigenvalue weighted by Gasteiger charge is 2.39. The molecular weight excluding hydrogens is 550 g/mol. The van der Waals surface area contributed by atoms with E-state index >= 15 is 0 Å². The Morgan fingerprint density at radius 3 is 2.44 bits per heavy atom. The Labute approximate surface area is 251 Å². The first-order valence-electron chi connectivity index (χ1n) is 15.0. The summed E-state index contributed by atoms with van der Waals surface area (Å²) in [6.07, 6.45) is 5.28. The summed E-state index contributed by atoms with van der Waals surface area (Å²) in [7, 11) is 1.65. The minimum atomic E-state index is -0.321. The maximum Gasteiger partial charge on any atom is 0.253 e. The van der Waals surface area contributed by atoms with Crippen molar-refractivity contribution in [3.05, 3.63) is 95.7 Å². The summed E-state index contributed by atoms with van der Waals surface area (Å²) in [6.45, 7) is 5.51. The quantitative estimate of drug-likeness (QED) is 0.238. The minimum Gasteiger partial charge on any atom is -0.495 e. The van der Waals surface area contributed by atoms with E-state index < -0.39 is 0 Å². The SMILES string of the molecule is COc1cccc2c(C(=O)NCc3cccc(F)c3)cn(CCCN3C4CCC3CN(CCOc3ccc(F)cc3)C4)c12. The number of nitrogens with one attached hydrogen (secondary N) is 1. The Kier molecular flexibility index (Phi) is 8.90. The Balaban J connectivity index is 1.05. The number of methoxy groups -OCH3 is 1. The van der Waals surface area contributed by atoms with Crippen LogP contribution >= 0.6 is 0 Å². The number of rotatable bonds is 12. The zero-order chi connectivity index (χ0) is 29.8. The summed E-state index contributed by atoms with van der Waals surface area (Å²) in [4.78, 5) is 18.4. The molecule has 4 aromatic rings. The lowest BCUT2D eigenvalue weighted by Crippen LogP contribution is -2.54. The van der Waals surface area contributed by atoms with Crippen LogP contribution in [-0.4, -0.2) is 72.3 Å². The molecule has 226 valence electrons. The molecule has 9 heteroatoms. The molecule has 0 radical (unpaired) electrons. The Morgan fingerprint density at radius 2 is 1.70 bits per heavy atom. The molecule has 1 amide bonds. The van der Waals surface area contributed by atoms with Crippen LogP contribution in [0.5, 0.6) is 11.5 Å². The number of aryl methyl sites for hydroxylation is 1. The van der Waals surface area contributed by atoms with E-state index in [0.29, 0.717) is 35.6 Å². The lowest BCUT2D eigenvalue weighted by atomic mass is 10.1. The lowest BCUT2D eigenvalue weighted by Gasteiger charge is -2.41. The molecule has 6 rings (SSSR count). The summed E-state index contributed by atoms with van der Waals surface area (Å²) in [5, 5.41) is 3.79. The molecule has 2 aliphatic rings. The number of para-hydroxylation sites is 1. The van der Waals surface area contributed by atoms with E-state index in [1.807, 2.05) is 24.4 Å². The standard InChI is InChI=1S/C34H38F2N4O3/c1-42-32-8-3-7-30-31(34(41)37-20-24-5-2-6-26(36)19-24)23-39(33(30)32)15-4-16-40-27-11-12-28(40)22-38(21-27)17-18-43-29-13-9-25(35)10-14-29/h2-3,5-10,13-14,19,23,27-28H,4,11-12,15-18,20-22H2,1H3,(H,37,41). The van der Waals surface area contributed by atoms with Crippen molar-refractivity contribution in [1.82, 2.24) is 19.7 Å². The van der Waals surface area contributed by atoms with E-state index in [2.05, 4.69) is 19.7 Å². The largest absolute Gasteiger partial charge is 0.495 e. The fourth-order valence-electron chi connectivity index (χ4n) is 6.64. The van der Waals surface area contributed by atoms with Crippen molar-refractivity contribution < 1.29 is 23.0 Å². The highest BCUT2D eigenvalue weighted by molar-refractivity contribution is 6.08. The van der Waals surface area contributed by atoms with Crippen LogP contribution in [0.25, 0.3) is 10.9 Å². The molecule has 43 heavy (non-hydrogen) atoms. The van der Waals surface area contributed by atoms with E-state index in [0.717, 1.165) is 55.8 Å². The first-order chi connectivity index (χ1) is 21.0. The third-order valence-electron chi connectivity index (χ3n) is 8.68. The van der Waals surface area contributed by atoms with Crippen molar-refractivity contribution in [3.8, 4) is 11.5 Å². The van der Waals surface area contributed by atoms with Gasteiger partial charge >= 0.3 is 0 Å². The number of hydrogen-bond donors (Lipinski definition) is 1. The number of carbonyl (C=O) groups excluding carboxylic acids is 1. The van der Waals surface area contributed by atoms with E-state index in [9.17, 15) is 13.6 Å². The van der Waals surface area contributed by atoms with Crippen molar-refractivity contribution in [2.45, 2.75) is 44.4 Å². The molecule has 2 saturated heterocycles. The zero-order valence-electron chi connectivity index (χ0n) is 24.5. The van der Waals surface area contributed by atoms with Gasteiger partial charge in [0, 0.05) is 62.9 Å². The van der Waals surface area contributed by atoms with Crippen LogP contribution < -0.4 is 14.8 Å². The molecule has 0 saturated carbocycles. The Hall–Kier alpha value is -3.95. The van der Waals surface area contributed by atoms with Crippen LogP contribution in [0.2, 0.25) is 0 Å². The third kappa shape index (κ3) is 6.68. The van der Waals surface area contributed by atoms with Crippen LogP contribution in [0, 0.1) is 11.6 Å². The van der Waals surface area contributed by atoms with Gasteiger partial charge in [-0.1, -0.05) is 24.3 Å². The molecule has 1 aromatic heterocycles. The number of ether oxygens (including phenoxy) is 2. The van der Waals surface area contributed by atoms with Gasteiger partial charge in [0.2, 0.25) is 0 Å². The second-order valence-electron chi connectivity index (χ2n) is 11.4. The van der Waals surface area contributed by atoms with Crippen molar-refractivity contribution in [2.24, 2.45) is 0 Å². The highest BCUT2D eigenvalue weighted by atomic mass is 19.1. The number of halogens is 2. The fraction of sp³-hybridized carbons (Fsp3) is 0.382. The number of fused-ring (bicyclic) bond motifs is 3. The molecule has 3 aromatic carbocycles. The van der Waals surface area contributed by atoms with Gasteiger partial charge in [-0.25, -0.2) is 8.78 Å². The van der Waals surface area contributed by atoms with E-state index in [-0.39, 0.29) is 24.1 Å². The van der Waals surface area contributed by atoms with Crippen LogP contribution in [-0.2, 0) is 13.1 Å². The summed E-state index contributed by atoms with van der Waals surface area (Å²) >= 11 is 0. The zero-order valence-corrected chi connectivity index (χ0v) is 24.5. The second kappa shape index (κ2) is 13.1. The van der Waals surface area contributed by atoms with E-state index in [1.165, 1.54) is 37.1 Å². The highest BCUT2D eigenvalue weighted by Crippen LogP contribution is 2.32. The predicted molar refractivity (Wildman–Crippen MR) is 163 cm³/mol. The van der Waals surface area contributed by atoms with Gasteiger partial charge in [-0.3, -0.25) is 14.6 Å². The molecule has 2 aliphatic heterocycles.